The van der Waals surface area contributed by atoms with Crippen LogP contribution in [0.1, 0.15) is 26.7 Å². The molecule has 1 rings (SSSR count). The van der Waals surface area contributed by atoms with E-state index in [0.29, 0.717) is 13.2 Å². The Morgan fingerprint density at radius 3 is 2.70 bits per heavy atom. The van der Waals surface area contributed by atoms with E-state index in [0.717, 1.165) is 19.4 Å². The standard InChI is InChI=1S/C13H23N3O4/c1-4-20-12(18)10-6-5-7-16(8-10)9(2)11(17)15-13(19)14-3/h9-10H,4-8H2,1-3H3,(H2,14,15,17,19)/t9-,10+/m0/s1. The number of ether oxygens (including phenoxy) is 1. The molecule has 7 heteroatoms. The van der Waals surface area contributed by atoms with E-state index >= 15 is 0 Å². The minimum absolute atomic E-state index is 0.195. The molecule has 0 radical (unpaired) electrons. The van der Waals surface area contributed by atoms with Crippen LogP contribution in [0.4, 0.5) is 4.79 Å². The third kappa shape index (κ3) is 4.48. The van der Waals surface area contributed by atoms with Gasteiger partial charge < -0.3 is 10.1 Å². The number of esters is 1. The number of likely N-dealkylation sites (tertiary alicyclic amines) is 1. The molecule has 1 aliphatic heterocycles. The molecule has 20 heavy (non-hydrogen) atoms. The summed E-state index contributed by atoms with van der Waals surface area (Å²) in [6.07, 6.45) is 1.61. The number of amides is 3. The number of imide groups is 1. The van der Waals surface area contributed by atoms with Crippen molar-refractivity contribution >= 4 is 17.9 Å². The number of nitrogens with one attached hydrogen (secondary N) is 2. The quantitative estimate of drug-likeness (QED) is 0.716. The highest BCUT2D eigenvalue weighted by atomic mass is 16.5. The lowest BCUT2D eigenvalue weighted by molar-refractivity contribution is -0.151. The summed E-state index contributed by atoms with van der Waals surface area (Å²) in [6, 6.07) is -0.981. The normalized spacial score (nSPS) is 20.9. The molecule has 0 aliphatic carbocycles. The largest absolute Gasteiger partial charge is 0.466 e. The highest BCUT2D eigenvalue weighted by molar-refractivity contribution is 5.96. The molecular formula is C13H23N3O4. The van der Waals surface area contributed by atoms with E-state index in [1.54, 1.807) is 13.8 Å². The number of carbonyl (C=O) groups excluding carboxylic acids is 3. The Kier molecular flexibility index (Phi) is 6.44. The van der Waals surface area contributed by atoms with Gasteiger partial charge in [-0.25, -0.2) is 4.79 Å². The van der Waals surface area contributed by atoms with E-state index in [2.05, 4.69) is 10.6 Å². The highest BCUT2D eigenvalue weighted by Crippen LogP contribution is 2.19. The van der Waals surface area contributed by atoms with Crippen molar-refractivity contribution in [1.82, 2.24) is 15.5 Å². The number of urea groups is 1. The summed E-state index contributed by atoms with van der Waals surface area (Å²) < 4.78 is 5.02. The lowest BCUT2D eigenvalue weighted by Gasteiger charge is -2.34. The first kappa shape index (κ1) is 16.4. The molecule has 7 nitrogen and oxygen atoms in total. The molecule has 1 fully saturated rings. The van der Waals surface area contributed by atoms with Crippen molar-refractivity contribution in [1.29, 1.82) is 0 Å². The molecule has 0 unspecified atom stereocenters. The maximum atomic E-state index is 11.9. The van der Waals surface area contributed by atoms with Gasteiger partial charge in [-0.15, -0.1) is 0 Å². The van der Waals surface area contributed by atoms with Crippen LogP contribution < -0.4 is 10.6 Å². The van der Waals surface area contributed by atoms with Crippen LogP contribution in [0.15, 0.2) is 0 Å². The molecule has 2 N–H and O–H groups in total. The van der Waals surface area contributed by atoms with E-state index in [1.807, 2.05) is 4.90 Å². The van der Waals surface area contributed by atoms with E-state index in [4.69, 9.17) is 4.74 Å². The number of hydrogen-bond donors (Lipinski definition) is 2. The fourth-order valence-electron chi connectivity index (χ4n) is 2.26. The van der Waals surface area contributed by atoms with Crippen LogP contribution in [0.2, 0.25) is 0 Å². The third-order valence-electron chi connectivity index (χ3n) is 3.46. The summed E-state index contributed by atoms with van der Waals surface area (Å²) in [5.74, 6) is -0.774. The van der Waals surface area contributed by atoms with Crippen LogP contribution in [0, 0.1) is 5.92 Å². The molecule has 1 aliphatic rings. The van der Waals surface area contributed by atoms with Crippen molar-refractivity contribution in [3.8, 4) is 0 Å². The number of hydrogen-bond acceptors (Lipinski definition) is 5. The van der Waals surface area contributed by atoms with Crippen molar-refractivity contribution in [3.63, 3.8) is 0 Å². The zero-order chi connectivity index (χ0) is 15.1. The van der Waals surface area contributed by atoms with Gasteiger partial charge in [0.1, 0.15) is 0 Å². The van der Waals surface area contributed by atoms with Crippen molar-refractivity contribution < 1.29 is 19.1 Å². The Bertz CT molecular complexity index is 373. The van der Waals surface area contributed by atoms with E-state index in [9.17, 15) is 14.4 Å². The average Bonchev–Trinajstić information content (AvgIpc) is 2.46. The fourth-order valence-corrected chi connectivity index (χ4v) is 2.26. The zero-order valence-corrected chi connectivity index (χ0v) is 12.3. The van der Waals surface area contributed by atoms with Gasteiger partial charge in [-0.3, -0.25) is 19.8 Å². The van der Waals surface area contributed by atoms with E-state index < -0.39 is 12.1 Å². The van der Waals surface area contributed by atoms with Gasteiger partial charge in [0.2, 0.25) is 5.91 Å². The van der Waals surface area contributed by atoms with E-state index in [-0.39, 0.29) is 17.8 Å². The van der Waals surface area contributed by atoms with Gasteiger partial charge in [-0.2, -0.15) is 0 Å². The van der Waals surface area contributed by atoms with Gasteiger partial charge >= 0.3 is 12.0 Å². The second-order valence-electron chi connectivity index (χ2n) is 4.83. The van der Waals surface area contributed by atoms with Gasteiger partial charge in [0.05, 0.1) is 18.6 Å². The second-order valence-corrected chi connectivity index (χ2v) is 4.83. The van der Waals surface area contributed by atoms with Crippen LogP contribution in [-0.4, -0.2) is 55.6 Å². The van der Waals surface area contributed by atoms with Crippen LogP contribution in [-0.2, 0) is 14.3 Å². The van der Waals surface area contributed by atoms with Gasteiger partial charge in [0, 0.05) is 13.6 Å². The summed E-state index contributed by atoms with van der Waals surface area (Å²) in [5.41, 5.74) is 0. The molecule has 0 saturated carbocycles. The Morgan fingerprint density at radius 2 is 2.10 bits per heavy atom. The minimum Gasteiger partial charge on any atom is -0.466 e. The fraction of sp³-hybridized carbons (Fsp3) is 0.769. The summed E-state index contributed by atoms with van der Waals surface area (Å²) in [6.45, 7) is 5.09. The maximum absolute atomic E-state index is 11.9. The summed E-state index contributed by atoms with van der Waals surface area (Å²) in [7, 11) is 1.45. The van der Waals surface area contributed by atoms with Crippen LogP contribution in [0.25, 0.3) is 0 Å². The highest BCUT2D eigenvalue weighted by Gasteiger charge is 2.31. The topological polar surface area (TPSA) is 87.7 Å². The monoisotopic (exact) mass is 285 g/mol. The average molecular weight is 285 g/mol. The number of nitrogens with zero attached hydrogens (tertiary/aromatic N) is 1. The van der Waals surface area contributed by atoms with Crippen LogP contribution in [0.3, 0.4) is 0 Å². The lowest BCUT2D eigenvalue weighted by Crippen LogP contribution is -2.52. The van der Waals surface area contributed by atoms with Crippen molar-refractivity contribution in [2.45, 2.75) is 32.7 Å². The molecular weight excluding hydrogens is 262 g/mol. The second kappa shape index (κ2) is 7.84. The van der Waals surface area contributed by atoms with E-state index in [1.165, 1.54) is 7.05 Å². The third-order valence-corrected chi connectivity index (χ3v) is 3.46. The summed E-state index contributed by atoms with van der Waals surface area (Å²) in [4.78, 5) is 36.7. The molecule has 0 spiro atoms. The summed E-state index contributed by atoms with van der Waals surface area (Å²) >= 11 is 0. The predicted octanol–water partition coefficient (Wildman–Crippen LogP) is 0.106. The molecule has 3 amide bonds. The number of rotatable bonds is 4. The van der Waals surface area contributed by atoms with Crippen molar-refractivity contribution in [2.24, 2.45) is 5.92 Å². The van der Waals surface area contributed by atoms with Gasteiger partial charge in [0.25, 0.3) is 0 Å². The Balaban J connectivity index is 2.55. The molecule has 0 aromatic heterocycles. The van der Waals surface area contributed by atoms with Gasteiger partial charge in [0.15, 0.2) is 0 Å². The number of carbonyl (C=O) groups is 3. The SMILES string of the molecule is CCOC(=O)[C@@H]1CCCN([C@@H](C)C(=O)NC(=O)NC)C1. The predicted molar refractivity (Wildman–Crippen MR) is 73.0 cm³/mol. The van der Waals surface area contributed by atoms with Crippen LogP contribution >= 0.6 is 0 Å². The van der Waals surface area contributed by atoms with Crippen molar-refractivity contribution in [3.05, 3.63) is 0 Å². The first-order valence-electron chi connectivity index (χ1n) is 6.92. The Hall–Kier alpha value is -1.63. The minimum atomic E-state index is -0.527. The van der Waals surface area contributed by atoms with Crippen LogP contribution in [0.5, 0.6) is 0 Å². The first-order chi connectivity index (χ1) is 9.49. The Labute approximate surface area is 119 Å². The first-order valence-corrected chi connectivity index (χ1v) is 6.92. The van der Waals surface area contributed by atoms with Crippen molar-refractivity contribution in [2.75, 3.05) is 26.7 Å². The smallest absolute Gasteiger partial charge is 0.321 e. The molecule has 2 atom stereocenters. The molecule has 0 aromatic carbocycles. The molecule has 114 valence electrons. The molecule has 0 bridgehead atoms. The maximum Gasteiger partial charge on any atom is 0.321 e. The molecule has 1 heterocycles. The number of piperidine rings is 1. The molecule has 0 aromatic rings. The van der Waals surface area contributed by atoms with Gasteiger partial charge in [-0.05, 0) is 33.2 Å². The zero-order valence-electron chi connectivity index (χ0n) is 12.3. The molecule has 1 saturated heterocycles. The Morgan fingerprint density at radius 1 is 1.40 bits per heavy atom. The lowest BCUT2D eigenvalue weighted by atomic mass is 9.97. The summed E-state index contributed by atoms with van der Waals surface area (Å²) in [5, 5.41) is 4.58. The van der Waals surface area contributed by atoms with Gasteiger partial charge in [-0.1, -0.05) is 0 Å².